The lowest BCUT2D eigenvalue weighted by atomic mass is 10.1. The minimum Gasteiger partial charge on any atom is -0.493 e. The largest absolute Gasteiger partial charge is 0.493 e. The quantitative estimate of drug-likeness (QED) is 0.380. The SMILES string of the molecule is COc1cc(/C=C2\SC(=S)N(C[C@@H]3CCCO3)C2=O)cc(Cl)c1OCC(=O)Nc1ccccc1F. The Morgan fingerprint density at radius 2 is 2.20 bits per heavy atom. The third kappa shape index (κ3) is 6.13. The lowest BCUT2D eigenvalue weighted by Gasteiger charge is -2.18. The van der Waals surface area contributed by atoms with Gasteiger partial charge in [-0.25, -0.2) is 4.39 Å². The maximum absolute atomic E-state index is 13.7. The Bertz CT molecular complexity index is 1190. The van der Waals surface area contributed by atoms with Gasteiger partial charge in [-0.1, -0.05) is 47.7 Å². The number of rotatable bonds is 8. The van der Waals surface area contributed by atoms with Gasteiger partial charge in [0.2, 0.25) is 0 Å². The van der Waals surface area contributed by atoms with Gasteiger partial charge >= 0.3 is 0 Å². The molecule has 35 heavy (non-hydrogen) atoms. The minimum absolute atomic E-state index is 0.00148. The van der Waals surface area contributed by atoms with Crippen LogP contribution in [0.15, 0.2) is 41.3 Å². The summed E-state index contributed by atoms with van der Waals surface area (Å²) >= 11 is 13.0. The van der Waals surface area contributed by atoms with Crippen LogP contribution in [-0.4, -0.2) is 54.0 Å². The molecular weight excluding hydrogens is 515 g/mol. The Balaban J connectivity index is 1.45. The number of nitrogens with zero attached hydrogens (tertiary/aromatic N) is 1. The first-order valence-electron chi connectivity index (χ1n) is 10.8. The molecule has 2 saturated heterocycles. The number of carbonyl (C=O) groups excluding carboxylic acids is 2. The van der Waals surface area contributed by atoms with Gasteiger partial charge in [0.05, 0.1) is 35.4 Å². The number of ether oxygens (including phenoxy) is 3. The van der Waals surface area contributed by atoms with E-state index in [9.17, 15) is 14.0 Å². The molecule has 0 radical (unpaired) electrons. The summed E-state index contributed by atoms with van der Waals surface area (Å²) in [6.07, 6.45) is 3.56. The summed E-state index contributed by atoms with van der Waals surface area (Å²) in [5.41, 5.74) is 0.652. The van der Waals surface area contributed by atoms with Gasteiger partial charge in [0.15, 0.2) is 18.1 Å². The van der Waals surface area contributed by atoms with Crippen molar-refractivity contribution < 1.29 is 28.2 Å². The van der Waals surface area contributed by atoms with Crippen LogP contribution in [0.2, 0.25) is 5.02 Å². The molecule has 1 atom stereocenters. The predicted molar refractivity (Wildman–Crippen MR) is 137 cm³/mol. The molecule has 0 aliphatic carbocycles. The van der Waals surface area contributed by atoms with Crippen molar-refractivity contribution >= 4 is 63.5 Å². The van der Waals surface area contributed by atoms with E-state index >= 15 is 0 Å². The molecule has 2 aromatic rings. The standard InChI is InChI=1S/C24H22ClFN2O5S2/c1-31-19-10-14(11-20-23(30)28(24(34)35-20)12-15-5-4-8-32-15)9-16(25)22(19)33-13-21(29)27-18-7-3-2-6-17(18)26/h2-3,6-7,9-11,15H,4-5,8,12-13H2,1H3,(H,27,29)/b20-11-/t15-/m0/s1. The second kappa shape index (κ2) is 11.4. The fourth-order valence-electron chi connectivity index (χ4n) is 3.65. The van der Waals surface area contributed by atoms with Crippen LogP contribution in [0.3, 0.4) is 0 Å². The highest BCUT2D eigenvalue weighted by molar-refractivity contribution is 8.26. The van der Waals surface area contributed by atoms with Gasteiger partial charge in [0.1, 0.15) is 10.1 Å². The second-order valence-corrected chi connectivity index (χ2v) is 9.86. The van der Waals surface area contributed by atoms with E-state index in [1.54, 1.807) is 29.2 Å². The smallest absolute Gasteiger partial charge is 0.266 e. The highest BCUT2D eigenvalue weighted by Gasteiger charge is 2.34. The van der Waals surface area contributed by atoms with Gasteiger partial charge in [-0.15, -0.1) is 0 Å². The number of carbonyl (C=O) groups is 2. The Morgan fingerprint density at radius 1 is 1.40 bits per heavy atom. The predicted octanol–water partition coefficient (Wildman–Crippen LogP) is 4.89. The number of halogens is 2. The van der Waals surface area contributed by atoms with E-state index in [4.69, 9.17) is 38.0 Å². The number of hydrogen-bond acceptors (Lipinski definition) is 7. The topological polar surface area (TPSA) is 77.1 Å². The van der Waals surface area contributed by atoms with Gasteiger partial charge < -0.3 is 19.5 Å². The Hall–Kier alpha value is -2.66. The van der Waals surface area contributed by atoms with Crippen LogP contribution >= 0.6 is 35.6 Å². The van der Waals surface area contributed by atoms with E-state index in [2.05, 4.69) is 5.32 Å². The van der Waals surface area contributed by atoms with Crippen molar-refractivity contribution in [2.75, 3.05) is 32.2 Å². The number of hydrogen-bond donors (Lipinski definition) is 1. The maximum atomic E-state index is 13.7. The number of benzene rings is 2. The Labute approximate surface area is 216 Å². The number of thioether (sulfide) groups is 1. The van der Waals surface area contributed by atoms with E-state index in [0.29, 0.717) is 27.9 Å². The number of thiocarbonyl (C=S) groups is 1. The van der Waals surface area contributed by atoms with Gasteiger partial charge in [-0.3, -0.25) is 14.5 Å². The second-order valence-electron chi connectivity index (χ2n) is 7.78. The summed E-state index contributed by atoms with van der Waals surface area (Å²) in [6.45, 7) is 0.728. The molecule has 4 rings (SSSR count). The third-order valence-corrected chi connectivity index (χ3v) is 6.99. The van der Waals surface area contributed by atoms with Crippen LogP contribution in [0.4, 0.5) is 10.1 Å². The summed E-state index contributed by atoms with van der Waals surface area (Å²) < 4.78 is 30.8. The minimum atomic E-state index is -0.563. The van der Waals surface area contributed by atoms with Crippen molar-refractivity contribution in [3.63, 3.8) is 0 Å². The molecule has 0 aromatic heterocycles. The Kier molecular flexibility index (Phi) is 8.27. The number of amides is 2. The summed E-state index contributed by atoms with van der Waals surface area (Å²) in [7, 11) is 1.43. The van der Waals surface area contributed by atoms with E-state index in [1.165, 1.54) is 37.1 Å². The van der Waals surface area contributed by atoms with Crippen LogP contribution in [0.1, 0.15) is 18.4 Å². The molecule has 0 bridgehead atoms. The maximum Gasteiger partial charge on any atom is 0.266 e. The first-order valence-corrected chi connectivity index (χ1v) is 12.4. The van der Waals surface area contributed by atoms with Gasteiger partial charge in [-0.2, -0.15) is 0 Å². The molecule has 11 heteroatoms. The van der Waals surface area contributed by atoms with Crippen LogP contribution in [0, 0.1) is 5.82 Å². The zero-order valence-corrected chi connectivity index (χ0v) is 21.1. The molecule has 0 unspecified atom stereocenters. The normalized spacial score (nSPS) is 18.9. The fourth-order valence-corrected chi connectivity index (χ4v) is 5.20. The number of methoxy groups -OCH3 is 1. The van der Waals surface area contributed by atoms with Crippen LogP contribution in [-0.2, 0) is 14.3 Å². The molecule has 1 N–H and O–H groups in total. The van der Waals surface area contributed by atoms with Gasteiger partial charge in [0, 0.05) is 6.61 Å². The third-order valence-electron chi connectivity index (χ3n) is 5.33. The average molecular weight is 537 g/mol. The first kappa shape index (κ1) is 25.4. The molecule has 0 spiro atoms. The molecular formula is C24H22ClFN2O5S2. The molecule has 0 saturated carbocycles. The molecule has 2 aromatic carbocycles. The van der Waals surface area contributed by atoms with Crippen molar-refractivity contribution in [1.29, 1.82) is 0 Å². The molecule has 2 heterocycles. The van der Waals surface area contributed by atoms with E-state index in [0.717, 1.165) is 12.8 Å². The van der Waals surface area contributed by atoms with Crippen molar-refractivity contribution in [2.45, 2.75) is 18.9 Å². The van der Waals surface area contributed by atoms with E-state index in [-0.39, 0.29) is 34.2 Å². The molecule has 7 nitrogen and oxygen atoms in total. The fraction of sp³-hybridized carbons (Fsp3) is 0.292. The molecule has 184 valence electrons. The summed E-state index contributed by atoms with van der Waals surface area (Å²) in [5.74, 6) is -0.872. The van der Waals surface area contributed by atoms with Crippen molar-refractivity contribution in [1.82, 2.24) is 4.90 Å². The van der Waals surface area contributed by atoms with Crippen LogP contribution in [0.5, 0.6) is 11.5 Å². The summed E-state index contributed by atoms with van der Waals surface area (Å²) in [4.78, 5) is 27.1. The molecule has 2 fully saturated rings. The number of para-hydroxylation sites is 1. The van der Waals surface area contributed by atoms with Crippen LogP contribution in [0.25, 0.3) is 6.08 Å². The highest BCUT2D eigenvalue weighted by atomic mass is 35.5. The zero-order valence-electron chi connectivity index (χ0n) is 18.7. The van der Waals surface area contributed by atoms with Gasteiger partial charge in [-0.05, 0) is 48.7 Å². The van der Waals surface area contributed by atoms with Crippen molar-refractivity contribution in [2.24, 2.45) is 0 Å². The summed E-state index contributed by atoms with van der Waals surface area (Å²) in [5, 5.41) is 2.62. The van der Waals surface area contributed by atoms with E-state index in [1.807, 2.05) is 0 Å². The lowest BCUT2D eigenvalue weighted by Crippen LogP contribution is -2.35. The van der Waals surface area contributed by atoms with E-state index < -0.39 is 18.3 Å². The van der Waals surface area contributed by atoms with Crippen molar-refractivity contribution in [3.8, 4) is 11.5 Å². The Morgan fingerprint density at radius 3 is 2.91 bits per heavy atom. The number of nitrogens with one attached hydrogen (secondary N) is 1. The average Bonchev–Trinajstić information content (AvgIpc) is 3.43. The monoisotopic (exact) mass is 536 g/mol. The lowest BCUT2D eigenvalue weighted by molar-refractivity contribution is -0.123. The van der Waals surface area contributed by atoms with Crippen molar-refractivity contribution in [3.05, 3.63) is 57.7 Å². The first-order chi connectivity index (χ1) is 16.9. The highest BCUT2D eigenvalue weighted by Crippen LogP contribution is 2.39. The zero-order chi connectivity index (χ0) is 24.9. The van der Waals surface area contributed by atoms with Gasteiger partial charge in [0.25, 0.3) is 11.8 Å². The molecule has 2 amide bonds. The summed E-state index contributed by atoms with van der Waals surface area (Å²) in [6, 6.07) is 9.05. The number of anilines is 1. The molecule has 2 aliphatic rings. The molecule has 2 aliphatic heterocycles. The van der Waals surface area contributed by atoms with Crippen LogP contribution < -0.4 is 14.8 Å².